The van der Waals surface area contributed by atoms with Gasteiger partial charge >= 0.3 is 24.2 Å². The van der Waals surface area contributed by atoms with Gasteiger partial charge in [-0.3, -0.25) is 0 Å². The molecule has 0 fully saturated rings. The topological polar surface area (TPSA) is 52.6 Å². The van der Waals surface area contributed by atoms with Crippen LogP contribution in [-0.2, 0) is 19.1 Å². The molecule has 0 saturated carbocycles. The maximum Gasteiger partial charge on any atom is 0.510 e. The number of carbonyl (C=O) groups excluding carboxylic acids is 2. The Morgan fingerprint density at radius 3 is 1.31 bits per heavy atom. The van der Waals surface area contributed by atoms with Gasteiger partial charge in [-0.25, -0.2) is 9.59 Å². The van der Waals surface area contributed by atoms with E-state index in [0.29, 0.717) is 0 Å². The van der Waals surface area contributed by atoms with Gasteiger partial charge in [0.1, 0.15) is 0 Å². The van der Waals surface area contributed by atoms with Crippen LogP contribution in [0.2, 0.25) is 0 Å². The Kier molecular flexibility index (Phi) is 4.22. The summed E-state index contributed by atoms with van der Waals surface area (Å²) in [5, 5.41) is 0. The zero-order valence-corrected chi connectivity index (χ0v) is 7.71. The van der Waals surface area contributed by atoms with E-state index in [0.717, 1.165) is 0 Å². The summed E-state index contributed by atoms with van der Waals surface area (Å²) in [5.41, 5.74) is 0. The maximum atomic E-state index is 12.6. The lowest BCUT2D eigenvalue weighted by molar-refractivity contribution is -0.402. The zero-order valence-electron chi connectivity index (χ0n) is 7.71. The van der Waals surface area contributed by atoms with Crippen molar-refractivity contribution in [3.63, 3.8) is 0 Å². The van der Waals surface area contributed by atoms with Crippen molar-refractivity contribution in [1.82, 2.24) is 0 Å². The molecule has 0 radical (unpaired) electrons. The highest BCUT2D eigenvalue weighted by atomic mass is 19.3. The van der Waals surface area contributed by atoms with Crippen LogP contribution < -0.4 is 0 Å². The van der Waals surface area contributed by atoms with Gasteiger partial charge < -0.3 is 9.47 Å². The Labute approximate surface area is 87.1 Å². The molecule has 0 aromatic heterocycles. The summed E-state index contributed by atoms with van der Waals surface area (Å²) in [6, 6.07) is 0. The molecule has 0 aliphatic rings. The van der Waals surface area contributed by atoms with Crippen molar-refractivity contribution in [3.8, 4) is 0 Å². The van der Waals surface area contributed by atoms with Crippen LogP contribution in [0, 0.1) is 0 Å². The molecule has 16 heavy (non-hydrogen) atoms. The van der Waals surface area contributed by atoms with Crippen LogP contribution in [-0.4, -0.2) is 24.2 Å². The number of halogens is 4. The highest BCUT2D eigenvalue weighted by Gasteiger charge is 2.64. The Morgan fingerprint density at radius 1 is 0.875 bits per heavy atom. The maximum absolute atomic E-state index is 12.6. The van der Waals surface area contributed by atoms with E-state index in [4.69, 9.17) is 0 Å². The first kappa shape index (κ1) is 14.1. The molecular weight excluding hydrogens is 236 g/mol. The first-order valence-corrected chi connectivity index (χ1v) is 3.62. The SMILES string of the molecule is C=CC(=O)OC(F)(F)C(F)(F)OC(=O)C=C. The fourth-order valence-electron chi connectivity index (χ4n) is 0.455. The van der Waals surface area contributed by atoms with E-state index in [9.17, 15) is 27.2 Å². The summed E-state index contributed by atoms with van der Waals surface area (Å²) in [4.78, 5) is 20.6. The second-order valence-corrected chi connectivity index (χ2v) is 2.28. The lowest BCUT2D eigenvalue weighted by atomic mass is 10.5. The molecule has 0 aromatic carbocycles. The Hall–Kier alpha value is -1.86. The minimum absolute atomic E-state index is 0.249. The van der Waals surface area contributed by atoms with E-state index in [2.05, 4.69) is 22.6 Å². The number of esters is 2. The third-order valence-corrected chi connectivity index (χ3v) is 1.13. The van der Waals surface area contributed by atoms with Crippen molar-refractivity contribution in [1.29, 1.82) is 0 Å². The van der Waals surface area contributed by atoms with Crippen LogP contribution in [0.15, 0.2) is 25.3 Å². The van der Waals surface area contributed by atoms with Gasteiger partial charge in [-0.1, -0.05) is 13.2 Å². The number of rotatable bonds is 5. The van der Waals surface area contributed by atoms with Gasteiger partial charge in [-0.15, -0.1) is 0 Å². The largest absolute Gasteiger partial charge is 0.510 e. The fourth-order valence-corrected chi connectivity index (χ4v) is 0.455. The predicted octanol–water partition coefficient (Wildman–Crippen LogP) is 1.63. The van der Waals surface area contributed by atoms with Crippen molar-refractivity contribution in [2.24, 2.45) is 0 Å². The van der Waals surface area contributed by atoms with E-state index >= 15 is 0 Å². The smallest absolute Gasteiger partial charge is 0.390 e. The minimum atomic E-state index is -5.29. The van der Waals surface area contributed by atoms with Gasteiger partial charge in [0, 0.05) is 12.2 Å². The molecule has 0 bridgehead atoms. The predicted molar refractivity (Wildman–Crippen MR) is 42.5 cm³/mol. The monoisotopic (exact) mass is 242 g/mol. The number of alkyl halides is 4. The molecule has 0 aromatic rings. The second-order valence-electron chi connectivity index (χ2n) is 2.28. The van der Waals surface area contributed by atoms with Gasteiger partial charge in [0.25, 0.3) is 0 Å². The van der Waals surface area contributed by atoms with Crippen LogP contribution >= 0.6 is 0 Å². The summed E-state index contributed by atoms with van der Waals surface area (Å²) in [6.45, 7) is 5.45. The van der Waals surface area contributed by atoms with Gasteiger partial charge in [0.15, 0.2) is 0 Å². The average Bonchev–Trinajstić information content (AvgIpc) is 2.15. The first-order valence-electron chi connectivity index (χ1n) is 3.62. The van der Waals surface area contributed by atoms with Gasteiger partial charge in [0.05, 0.1) is 0 Å². The van der Waals surface area contributed by atoms with Crippen molar-refractivity contribution >= 4 is 11.9 Å². The Morgan fingerprint density at radius 2 is 1.12 bits per heavy atom. The number of hydrogen-bond donors (Lipinski definition) is 0. The Bertz CT molecular complexity index is 292. The molecule has 0 amide bonds. The van der Waals surface area contributed by atoms with Gasteiger partial charge in [-0.2, -0.15) is 17.6 Å². The molecule has 8 heteroatoms. The highest BCUT2D eigenvalue weighted by molar-refractivity contribution is 5.82. The molecule has 0 aliphatic carbocycles. The molecule has 0 atom stereocenters. The van der Waals surface area contributed by atoms with Crippen molar-refractivity contribution in [2.45, 2.75) is 12.2 Å². The van der Waals surface area contributed by atoms with Gasteiger partial charge in [-0.05, 0) is 0 Å². The number of hydrogen-bond acceptors (Lipinski definition) is 4. The van der Waals surface area contributed by atoms with Gasteiger partial charge in [0.2, 0.25) is 0 Å². The summed E-state index contributed by atoms with van der Waals surface area (Å²) in [6.07, 6.45) is -10.1. The standard InChI is InChI=1S/C8H6F4O4/c1-3-5(13)15-7(9,10)8(11,12)16-6(14)4-2/h3-4H,1-2H2. The van der Waals surface area contributed by atoms with E-state index in [-0.39, 0.29) is 12.2 Å². The van der Waals surface area contributed by atoms with E-state index in [1.807, 2.05) is 0 Å². The molecule has 0 rings (SSSR count). The Balaban J connectivity index is 4.82. The molecule has 0 heterocycles. The summed E-state index contributed by atoms with van der Waals surface area (Å²) >= 11 is 0. The van der Waals surface area contributed by atoms with E-state index < -0.39 is 24.2 Å². The van der Waals surface area contributed by atoms with Crippen LogP contribution in [0.4, 0.5) is 17.6 Å². The van der Waals surface area contributed by atoms with Crippen LogP contribution in [0.3, 0.4) is 0 Å². The molecule has 4 nitrogen and oxygen atoms in total. The van der Waals surface area contributed by atoms with Crippen LogP contribution in [0.25, 0.3) is 0 Å². The molecule has 0 aliphatic heterocycles. The minimum Gasteiger partial charge on any atom is -0.390 e. The molecular formula is C8H6F4O4. The highest BCUT2D eigenvalue weighted by Crippen LogP contribution is 2.36. The molecule has 0 saturated heterocycles. The van der Waals surface area contributed by atoms with Crippen molar-refractivity contribution in [2.75, 3.05) is 0 Å². The fraction of sp³-hybridized carbons (Fsp3) is 0.250. The number of carbonyl (C=O) groups is 2. The lowest BCUT2D eigenvalue weighted by Gasteiger charge is -2.23. The third-order valence-electron chi connectivity index (χ3n) is 1.13. The zero-order chi connectivity index (χ0) is 13.0. The van der Waals surface area contributed by atoms with E-state index in [1.54, 1.807) is 0 Å². The summed E-state index contributed by atoms with van der Waals surface area (Å²) < 4.78 is 56.4. The first-order chi connectivity index (χ1) is 7.16. The molecule has 0 spiro atoms. The molecule has 0 N–H and O–H groups in total. The molecule has 0 unspecified atom stereocenters. The quantitative estimate of drug-likeness (QED) is 0.417. The second kappa shape index (κ2) is 4.77. The van der Waals surface area contributed by atoms with Crippen LogP contribution in [0.1, 0.15) is 0 Å². The third kappa shape index (κ3) is 3.37. The molecule has 90 valence electrons. The van der Waals surface area contributed by atoms with E-state index in [1.165, 1.54) is 0 Å². The van der Waals surface area contributed by atoms with Crippen molar-refractivity contribution in [3.05, 3.63) is 25.3 Å². The normalized spacial score (nSPS) is 11.5. The average molecular weight is 242 g/mol. The van der Waals surface area contributed by atoms with Crippen LogP contribution in [0.5, 0.6) is 0 Å². The number of ether oxygens (including phenoxy) is 2. The van der Waals surface area contributed by atoms with Crippen molar-refractivity contribution < 1.29 is 36.6 Å². The summed E-state index contributed by atoms with van der Waals surface area (Å²) in [5.74, 6) is -3.58. The summed E-state index contributed by atoms with van der Waals surface area (Å²) in [7, 11) is 0. The lowest BCUT2D eigenvalue weighted by Crippen LogP contribution is -2.47.